The maximum atomic E-state index is 13.2. The Kier molecular flexibility index (Phi) is 5.33. The molecule has 122 valence electrons. The van der Waals surface area contributed by atoms with E-state index in [-0.39, 0.29) is 17.9 Å². The van der Waals surface area contributed by atoms with Crippen molar-refractivity contribution in [1.82, 2.24) is 4.98 Å². The highest BCUT2D eigenvalue weighted by Gasteiger charge is 2.41. The smallest absolute Gasteiger partial charge is 0.392 e. The number of anilines is 1. The van der Waals surface area contributed by atoms with Gasteiger partial charge in [-0.3, -0.25) is 9.78 Å². The molecule has 0 aliphatic carbocycles. The normalized spacial score (nSPS) is 12.7. The average molecular weight is 324 g/mol. The molecule has 2 N–H and O–H groups in total. The van der Waals surface area contributed by atoms with Crippen molar-refractivity contribution in [3.05, 3.63) is 59.9 Å². The number of aliphatic hydroxyl groups excluding tert-OH is 1. The highest BCUT2D eigenvalue weighted by atomic mass is 19.4. The second kappa shape index (κ2) is 7.23. The molecule has 1 aromatic carbocycles. The minimum atomic E-state index is -4.53. The molecule has 2 aromatic rings. The fourth-order valence-corrected chi connectivity index (χ4v) is 2.17. The van der Waals surface area contributed by atoms with Gasteiger partial charge in [0, 0.05) is 18.2 Å². The summed E-state index contributed by atoms with van der Waals surface area (Å²) in [6, 6.07) is 8.77. The first-order chi connectivity index (χ1) is 10.9. The number of aromatic nitrogens is 1. The molecule has 0 radical (unpaired) electrons. The van der Waals surface area contributed by atoms with Crippen molar-refractivity contribution < 1.29 is 23.1 Å². The van der Waals surface area contributed by atoms with Gasteiger partial charge in [0.1, 0.15) is 0 Å². The van der Waals surface area contributed by atoms with E-state index >= 15 is 0 Å². The van der Waals surface area contributed by atoms with Gasteiger partial charge in [-0.2, -0.15) is 13.2 Å². The highest BCUT2D eigenvalue weighted by molar-refractivity contribution is 5.91. The van der Waals surface area contributed by atoms with Gasteiger partial charge in [0.2, 0.25) is 5.91 Å². The van der Waals surface area contributed by atoms with E-state index in [2.05, 4.69) is 10.3 Å². The number of alkyl halides is 3. The molecule has 4 nitrogen and oxygen atoms in total. The molecule has 7 heteroatoms. The van der Waals surface area contributed by atoms with Crippen LogP contribution >= 0.6 is 0 Å². The lowest BCUT2D eigenvalue weighted by atomic mass is 9.94. The summed E-state index contributed by atoms with van der Waals surface area (Å²) in [4.78, 5) is 15.8. The van der Waals surface area contributed by atoms with Crippen LogP contribution in [0.2, 0.25) is 0 Å². The van der Waals surface area contributed by atoms with Crippen LogP contribution in [0.5, 0.6) is 0 Å². The fourth-order valence-electron chi connectivity index (χ4n) is 2.17. The molecule has 1 heterocycles. The van der Waals surface area contributed by atoms with Crippen molar-refractivity contribution in [3.8, 4) is 0 Å². The van der Waals surface area contributed by atoms with Crippen molar-refractivity contribution in [2.75, 3.05) is 5.32 Å². The monoisotopic (exact) mass is 324 g/mol. The number of halogens is 3. The number of pyridine rings is 1. The number of carbonyl (C=O) groups is 1. The van der Waals surface area contributed by atoms with Crippen LogP contribution in [0.1, 0.15) is 23.5 Å². The second-order valence-corrected chi connectivity index (χ2v) is 4.95. The number of hydrogen-bond acceptors (Lipinski definition) is 3. The quantitative estimate of drug-likeness (QED) is 0.887. The van der Waals surface area contributed by atoms with Crippen LogP contribution in [0.3, 0.4) is 0 Å². The van der Waals surface area contributed by atoms with E-state index in [0.717, 1.165) is 0 Å². The standard InChI is InChI=1S/C16H15F3N2O2/c17-16(18,19)13(11-4-2-1-3-5-11)8-15(23)21-14-9-20-7-6-12(14)10-22/h1-7,9,13,22H,8,10H2,(H,21,23). The summed E-state index contributed by atoms with van der Waals surface area (Å²) in [6.07, 6.45) is -2.57. The van der Waals surface area contributed by atoms with Crippen molar-refractivity contribution in [2.45, 2.75) is 25.1 Å². The van der Waals surface area contributed by atoms with E-state index in [1.54, 1.807) is 6.07 Å². The largest absolute Gasteiger partial charge is 0.396 e. The molecule has 0 spiro atoms. The molecule has 1 amide bonds. The fraction of sp³-hybridized carbons (Fsp3) is 0.250. The van der Waals surface area contributed by atoms with E-state index in [0.29, 0.717) is 5.56 Å². The molecular formula is C16H15F3N2O2. The van der Waals surface area contributed by atoms with Crippen molar-refractivity contribution in [1.29, 1.82) is 0 Å². The SMILES string of the molecule is O=C(CC(c1ccccc1)C(F)(F)F)Nc1cnccc1CO. The van der Waals surface area contributed by atoms with Crippen LogP contribution in [0.25, 0.3) is 0 Å². The lowest BCUT2D eigenvalue weighted by Crippen LogP contribution is -2.26. The zero-order chi connectivity index (χ0) is 16.9. The molecule has 0 saturated heterocycles. The molecule has 0 fully saturated rings. The van der Waals surface area contributed by atoms with Crippen LogP contribution in [0.4, 0.5) is 18.9 Å². The van der Waals surface area contributed by atoms with Gasteiger partial charge in [0.15, 0.2) is 0 Å². The number of aliphatic hydroxyl groups is 1. The number of benzene rings is 1. The number of nitrogens with one attached hydrogen (secondary N) is 1. The third kappa shape index (κ3) is 4.53. The van der Waals surface area contributed by atoms with Gasteiger partial charge in [0.25, 0.3) is 0 Å². The van der Waals surface area contributed by atoms with Crippen LogP contribution in [-0.2, 0) is 11.4 Å². The number of carbonyl (C=O) groups excluding carboxylic acids is 1. The van der Waals surface area contributed by atoms with Crippen LogP contribution in [0, 0.1) is 0 Å². The minimum Gasteiger partial charge on any atom is -0.392 e. The van der Waals surface area contributed by atoms with Crippen LogP contribution in [-0.4, -0.2) is 22.2 Å². The van der Waals surface area contributed by atoms with E-state index in [4.69, 9.17) is 5.11 Å². The first-order valence-corrected chi connectivity index (χ1v) is 6.87. The third-order valence-corrected chi connectivity index (χ3v) is 3.34. The van der Waals surface area contributed by atoms with Gasteiger partial charge in [-0.25, -0.2) is 0 Å². The number of amides is 1. The molecular weight excluding hydrogens is 309 g/mol. The number of hydrogen-bond donors (Lipinski definition) is 2. The topological polar surface area (TPSA) is 62.2 Å². The second-order valence-electron chi connectivity index (χ2n) is 4.95. The Morgan fingerprint density at radius 3 is 2.52 bits per heavy atom. The van der Waals surface area contributed by atoms with Gasteiger partial charge in [-0.1, -0.05) is 30.3 Å². The molecule has 1 aromatic heterocycles. The number of nitrogens with zero attached hydrogens (tertiary/aromatic N) is 1. The van der Waals surface area contributed by atoms with Crippen LogP contribution < -0.4 is 5.32 Å². The average Bonchev–Trinajstić information content (AvgIpc) is 2.53. The van der Waals surface area contributed by atoms with Crippen molar-refractivity contribution >= 4 is 11.6 Å². The summed E-state index contributed by atoms with van der Waals surface area (Å²) in [5.74, 6) is -2.68. The third-order valence-electron chi connectivity index (χ3n) is 3.34. The Morgan fingerprint density at radius 2 is 1.91 bits per heavy atom. The van der Waals surface area contributed by atoms with E-state index < -0.39 is 24.4 Å². The maximum Gasteiger partial charge on any atom is 0.396 e. The Hall–Kier alpha value is -2.41. The van der Waals surface area contributed by atoms with Gasteiger partial charge < -0.3 is 10.4 Å². The molecule has 0 bridgehead atoms. The first kappa shape index (κ1) is 17.0. The summed E-state index contributed by atoms with van der Waals surface area (Å²) in [6.45, 7) is -0.348. The molecule has 1 unspecified atom stereocenters. The van der Waals surface area contributed by atoms with Gasteiger partial charge >= 0.3 is 6.18 Å². The predicted molar refractivity (Wildman–Crippen MR) is 78.6 cm³/mol. The first-order valence-electron chi connectivity index (χ1n) is 6.87. The molecule has 0 saturated carbocycles. The zero-order valence-corrected chi connectivity index (χ0v) is 12.0. The van der Waals surface area contributed by atoms with E-state index in [9.17, 15) is 18.0 Å². The lowest BCUT2D eigenvalue weighted by Gasteiger charge is -2.20. The summed E-state index contributed by atoms with van der Waals surface area (Å²) >= 11 is 0. The van der Waals surface area contributed by atoms with Gasteiger partial charge in [-0.15, -0.1) is 0 Å². The molecule has 0 aliphatic heterocycles. The zero-order valence-electron chi connectivity index (χ0n) is 12.0. The van der Waals surface area contributed by atoms with Gasteiger partial charge in [0.05, 0.1) is 24.4 Å². The molecule has 23 heavy (non-hydrogen) atoms. The van der Waals surface area contributed by atoms with Gasteiger partial charge in [-0.05, 0) is 11.6 Å². The van der Waals surface area contributed by atoms with E-state index in [1.807, 2.05) is 0 Å². The van der Waals surface area contributed by atoms with Crippen LogP contribution in [0.15, 0.2) is 48.8 Å². The summed E-state index contributed by atoms with van der Waals surface area (Å²) in [5.41, 5.74) is 0.620. The Morgan fingerprint density at radius 1 is 1.22 bits per heavy atom. The maximum absolute atomic E-state index is 13.2. The Bertz CT molecular complexity index is 660. The molecule has 0 aliphatic rings. The minimum absolute atomic E-state index is 0.0312. The van der Waals surface area contributed by atoms with Crippen molar-refractivity contribution in [3.63, 3.8) is 0 Å². The predicted octanol–water partition coefficient (Wildman–Crippen LogP) is 3.25. The summed E-state index contributed by atoms with van der Waals surface area (Å²) in [7, 11) is 0. The molecule has 1 atom stereocenters. The summed E-state index contributed by atoms with van der Waals surface area (Å²) < 4.78 is 39.7. The van der Waals surface area contributed by atoms with E-state index in [1.165, 1.54) is 42.7 Å². The Balaban J connectivity index is 2.15. The summed E-state index contributed by atoms with van der Waals surface area (Å²) in [5, 5.41) is 11.5. The van der Waals surface area contributed by atoms with Crippen molar-refractivity contribution in [2.24, 2.45) is 0 Å². The highest BCUT2D eigenvalue weighted by Crippen LogP contribution is 2.37. The Labute approximate surface area is 131 Å². The lowest BCUT2D eigenvalue weighted by molar-refractivity contribution is -0.155. The molecule has 2 rings (SSSR count). The number of rotatable bonds is 5.